The molecule has 2 fully saturated rings. The number of alkyl carbamates (subject to hydrolysis) is 1. The van der Waals surface area contributed by atoms with Gasteiger partial charge in [-0.2, -0.15) is 0 Å². The van der Waals surface area contributed by atoms with Crippen molar-refractivity contribution in [2.45, 2.75) is 65.4 Å². The molecular formula is C18H34N4O2. The van der Waals surface area contributed by atoms with Crippen LogP contribution in [0.4, 0.5) is 4.79 Å². The van der Waals surface area contributed by atoms with Gasteiger partial charge in [0.25, 0.3) is 0 Å². The Hall–Kier alpha value is -1.46. The van der Waals surface area contributed by atoms with Crippen LogP contribution in [0.1, 0.15) is 59.8 Å². The van der Waals surface area contributed by atoms with Crippen molar-refractivity contribution in [1.29, 1.82) is 0 Å². The third-order valence-electron chi connectivity index (χ3n) is 4.78. The second kappa shape index (κ2) is 8.08. The van der Waals surface area contributed by atoms with Gasteiger partial charge in [-0.15, -0.1) is 0 Å². The maximum atomic E-state index is 11.6. The minimum Gasteiger partial charge on any atom is -0.444 e. The number of rotatable bonds is 4. The molecule has 1 aliphatic heterocycles. The molecule has 6 nitrogen and oxygen atoms in total. The van der Waals surface area contributed by atoms with Crippen molar-refractivity contribution in [2.24, 2.45) is 10.4 Å². The molecule has 2 rings (SSSR count). The first-order valence-electron chi connectivity index (χ1n) is 9.34. The zero-order valence-corrected chi connectivity index (χ0v) is 15.8. The first kappa shape index (κ1) is 18.9. The number of nitrogens with zero attached hydrogens (tertiary/aromatic N) is 2. The zero-order chi connectivity index (χ0) is 17.6. The van der Waals surface area contributed by atoms with Gasteiger partial charge in [-0.05, 0) is 52.4 Å². The van der Waals surface area contributed by atoms with Crippen LogP contribution in [0.25, 0.3) is 0 Å². The third-order valence-corrected chi connectivity index (χ3v) is 4.78. The van der Waals surface area contributed by atoms with Crippen LogP contribution >= 0.6 is 0 Å². The number of ether oxygens (including phenoxy) is 1. The Labute approximate surface area is 146 Å². The number of carbonyl (C=O) groups excluding carboxylic acids is 1. The molecule has 0 unspecified atom stereocenters. The number of carbonyl (C=O) groups is 1. The van der Waals surface area contributed by atoms with E-state index in [9.17, 15) is 4.79 Å². The Balaban J connectivity index is 1.80. The highest BCUT2D eigenvalue weighted by molar-refractivity contribution is 5.80. The van der Waals surface area contributed by atoms with Crippen molar-refractivity contribution in [2.75, 3.05) is 32.7 Å². The second-order valence-corrected chi connectivity index (χ2v) is 8.04. The Morgan fingerprint density at radius 3 is 2.54 bits per heavy atom. The Morgan fingerprint density at radius 1 is 1.21 bits per heavy atom. The molecule has 24 heavy (non-hydrogen) atoms. The normalized spacial score (nSPS) is 20.5. The lowest BCUT2D eigenvalue weighted by Crippen LogP contribution is -2.41. The molecule has 1 saturated carbocycles. The SMILES string of the molecule is CCNC(=NCCNC(=O)OC(C)(C)C)N1CCC2(CCCC2)C1. The summed E-state index contributed by atoms with van der Waals surface area (Å²) in [6.45, 7) is 11.8. The summed E-state index contributed by atoms with van der Waals surface area (Å²) in [5.41, 5.74) is 0.0678. The number of nitrogens with one attached hydrogen (secondary N) is 2. The molecule has 0 bridgehead atoms. The summed E-state index contributed by atoms with van der Waals surface area (Å²) in [6.07, 6.45) is 6.39. The molecule has 138 valence electrons. The lowest BCUT2D eigenvalue weighted by atomic mass is 9.86. The molecule has 1 spiro atoms. The van der Waals surface area contributed by atoms with Crippen molar-refractivity contribution < 1.29 is 9.53 Å². The van der Waals surface area contributed by atoms with Gasteiger partial charge >= 0.3 is 6.09 Å². The van der Waals surface area contributed by atoms with Crippen molar-refractivity contribution in [3.8, 4) is 0 Å². The number of guanidine groups is 1. The summed E-state index contributed by atoms with van der Waals surface area (Å²) in [6, 6.07) is 0. The fraction of sp³-hybridized carbons (Fsp3) is 0.889. The van der Waals surface area contributed by atoms with E-state index in [0.29, 0.717) is 18.5 Å². The molecular weight excluding hydrogens is 304 g/mol. The van der Waals surface area contributed by atoms with Crippen molar-refractivity contribution >= 4 is 12.1 Å². The van der Waals surface area contributed by atoms with Crippen LogP contribution in [0.5, 0.6) is 0 Å². The summed E-state index contributed by atoms with van der Waals surface area (Å²) in [7, 11) is 0. The maximum absolute atomic E-state index is 11.6. The molecule has 0 radical (unpaired) electrons. The third kappa shape index (κ3) is 5.56. The highest BCUT2D eigenvalue weighted by Crippen LogP contribution is 2.45. The van der Waals surface area contributed by atoms with Crippen molar-refractivity contribution in [1.82, 2.24) is 15.5 Å². The Kier molecular flexibility index (Phi) is 6.35. The van der Waals surface area contributed by atoms with Crippen LogP contribution in [0.3, 0.4) is 0 Å². The van der Waals surface area contributed by atoms with Gasteiger partial charge in [-0.1, -0.05) is 12.8 Å². The first-order chi connectivity index (χ1) is 11.3. The van der Waals surface area contributed by atoms with E-state index in [0.717, 1.165) is 25.6 Å². The van der Waals surface area contributed by atoms with Crippen LogP contribution in [-0.2, 0) is 4.74 Å². The van der Waals surface area contributed by atoms with Crippen LogP contribution in [0.15, 0.2) is 4.99 Å². The summed E-state index contributed by atoms with van der Waals surface area (Å²) in [5.74, 6) is 0.979. The molecule has 1 saturated heterocycles. The zero-order valence-electron chi connectivity index (χ0n) is 15.8. The molecule has 2 aliphatic rings. The second-order valence-electron chi connectivity index (χ2n) is 8.04. The molecule has 1 heterocycles. The monoisotopic (exact) mass is 338 g/mol. The van der Waals surface area contributed by atoms with Gasteiger partial charge in [0.2, 0.25) is 0 Å². The van der Waals surface area contributed by atoms with E-state index < -0.39 is 5.60 Å². The van der Waals surface area contributed by atoms with Crippen molar-refractivity contribution in [3.63, 3.8) is 0 Å². The minimum absolute atomic E-state index is 0.381. The molecule has 2 N–H and O–H groups in total. The number of amides is 1. The van der Waals surface area contributed by atoms with E-state index in [1.807, 2.05) is 20.8 Å². The smallest absolute Gasteiger partial charge is 0.407 e. The Bertz CT molecular complexity index is 450. The van der Waals surface area contributed by atoms with E-state index in [-0.39, 0.29) is 6.09 Å². The Morgan fingerprint density at radius 2 is 1.92 bits per heavy atom. The van der Waals surface area contributed by atoms with Gasteiger partial charge < -0.3 is 20.3 Å². The molecule has 0 atom stereocenters. The van der Waals surface area contributed by atoms with Crippen LogP contribution in [0, 0.1) is 5.41 Å². The van der Waals surface area contributed by atoms with Crippen LogP contribution < -0.4 is 10.6 Å². The summed E-state index contributed by atoms with van der Waals surface area (Å²) in [5, 5.41) is 6.15. The largest absolute Gasteiger partial charge is 0.444 e. The van der Waals surface area contributed by atoms with Gasteiger partial charge in [0.1, 0.15) is 5.60 Å². The fourth-order valence-electron chi connectivity index (χ4n) is 3.71. The van der Waals surface area contributed by atoms with E-state index in [4.69, 9.17) is 4.74 Å². The average molecular weight is 338 g/mol. The number of aliphatic imine (C=N–C) groups is 1. The molecule has 0 aromatic heterocycles. The topological polar surface area (TPSA) is 66.0 Å². The maximum Gasteiger partial charge on any atom is 0.407 e. The minimum atomic E-state index is -0.465. The molecule has 1 aliphatic carbocycles. The summed E-state index contributed by atoms with van der Waals surface area (Å²) < 4.78 is 5.23. The van der Waals surface area contributed by atoms with Gasteiger partial charge in [-0.25, -0.2) is 4.79 Å². The molecule has 0 aromatic rings. The van der Waals surface area contributed by atoms with Crippen LogP contribution in [-0.4, -0.2) is 55.3 Å². The lowest BCUT2D eigenvalue weighted by molar-refractivity contribution is 0.0529. The van der Waals surface area contributed by atoms with E-state index >= 15 is 0 Å². The number of hydrogen-bond acceptors (Lipinski definition) is 3. The van der Waals surface area contributed by atoms with Gasteiger partial charge in [-0.3, -0.25) is 4.99 Å². The highest BCUT2D eigenvalue weighted by atomic mass is 16.6. The van der Waals surface area contributed by atoms with Gasteiger partial charge in [0, 0.05) is 26.2 Å². The standard InChI is InChI=1S/C18H34N4O2/c1-5-19-15(20-11-12-21-16(23)24-17(2,3)4)22-13-10-18(14-22)8-6-7-9-18/h5-14H2,1-4H3,(H,19,20)(H,21,23). The lowest BCUT2D eigenvalue weighted by Gasteiger charge is -2.26. The van der Waals surface area contributed by atoms with E-state index in [1.54, 1.807) is 0 Å². The molecule has 0 aromatic carbocycles. The first-order valence-corrected chi connectivity index (χ1v) is 9.34. The number of hydrogen-bond donors (Lipinski definition) is 2. The van der Waals surface area contributed by atoms with E-state index in [2.05, 4.69) is 27.4 Å². The number of likely N-dealkylation sites (tertiary alicyclic amines) is 1. The summed E-state index contributed by atoms with van der Waals surface area (Å²) >= 11 is 0. The highest BCUT2D eigenvalue weighted by Gasteiger charge is 2.41. The quantitative estimate of drug-likeness (QED) is 0.470. The van der Waals surface area contributed by atoms with Crippen LogP contribution in [0.2, 0.25) is 0 Å². The van der Waals surface area contributed by atoms with E-state index in [1.165, 1.54) is 32.1 Å². The molecule has 1 amide bonds. The van der Waals surface area contributed by atoms with Gasteiger partial charge in [0.15, 0.2) is 5.96 Å². The predicted molar refractivity (Wildman–Crippen MR) is 97.3 cm³/mol. The summed E-state index contributed by atoms with van der Waals surface area (Å²) in [4.78, 5) is 18.7. The fourth-order valence-corrected chi connectivity index (χ4v) is 3.71. The van der Waals surface area contributed by atoms with Crippen molar-refractivity contribution in [3.05, 3.63) is 0 Å². The average Bonchev–Trinajstić information content (AvgIpc) is 3.11. The molecule has 6 heteroatoms. The van der Waals surface area contributed by atoms with Gasteiger partial charge in [0.05, 0.1) is 6.54 Å². The predicted octanol–water partition coefficient (Wildman–Crippen LogP) is 2.74.